The topological polar surface area (TPSA) is 55.1 Å². The lowest BCUT2D eigenvalue weighted by molar-refractivity contribution is -0.119. The SMILES string of the molecule is C[C@H](N[C@H](C)c1cccc2ccccc12)C(N)=O. The Morgan fingerprint density at radius 3 is 2.50 bits per heavy atom. The lowest BCUT2D eigenvalue weighted by Crippen LogP contribution is -2.40. The average Bonchev–Trinajstić information content (AvgIpc) is 2.37. The Bertz CT molecular complexity index is 560. The second-order valence-corrected chi connectivity index (χ2v) is 4.58. The minimum atomic E-state index is -0.334. The van der Waals surface area contributed by atoms with Gasteiger partial charge in [-0.05, 0) is 30.2 Å². The number of fused-ring (bicyclic) bond motifs is 1. The van der Waals surface area contributed by atoms with Crippen LogP contribution in [0.1, 0.15) is 25.5 Å². The Morgan fingerprint density at radius 2 is 1.78 bits per heavy atom. The zero-order chi connectivity index (χ0) is 13.1. The van der Waals surface area contributed by atoms with Crippen LogP contribution in [0.5, 0.6) is 0 Å². The second kappa shape index (κ2) is 5.19. The molecule has 2 aromatic rings. The molecule has 0 saturated carbocycles. The Kier molecular flexibility index (Phi) is 3.63. The third kappa shape index (κ3) is 2.51. The third-order valence-electron chi connectivity index (χ3n) is 3.22. The van der Waals surface area contributed by atoms with Gasteiger partial charge < -0.3 is 5.73 Å². The van der Waals surface area contributed by atoms with Crippen LogP contribution < -0.4 is 11.1 Å². The van der Waals surface area contributed by atoms with Crippen LogP contribution >= 0.6 is 0 Å². The van der Waals surface area contributed by atoms with Crippen molar-refractivity contribution in [3.63, 3.8) is 0 Å². The molecule has 2 aromatic carbocycles. The van der Waals surface area contributed by atoms with Crippen LogP contribution in [-0.4, -0.2) is 11.9 Å². The summed E-state index contributed by atoms with van der Waals surface area (Å²) in [5.41, 5.74) is 6.46. The molecule has 18 heavy (non-hydrogen) atoms. The fourth-order valence-electron chi connectivity index (χ4n) is 2.17. The molecule has 0 aliphatic heterocycles. The molecule has 0 radical (unpaired) electrons. The summed E-state index contributed by atoms with van der Waals surface area (Å²) in [6.45, 7) is 3.82. The lowest BCUT2D eigenvalue weighted by atomic mass is 9.99. The number of carbonyl (C=O) groups is 1. The summed E-state index contributed by atoms with van der Waals surface area (Å²) in [6, 6.07) is 14.2. The maximum atomic E-state index is 11.1. The number of amides is 1. The smallest absolute Gasteiger partial charge is 0.234 e. The maximum Gasteiger partial charge on any atom is 0.234 e. The van der Waals surface area contributed by atoms with Crippen molar-refractivity contribution in [2.75, 3.05) is 0 Å². The molecule has 0 heterocycles. The number of benzene rings is 2. The summed E-state index contributed by atoms with van der Waals surface area (Å²) < 4.78 is 0. The number of rotatable bonds is 4. The summed E-state index contributed by atoms with van der Waals surface area (Å²) in [5, 5.41) is 5.62. The molecule has 2 atom stereocenters. The van der Waals surface area contributed by atoms with Crippen molar-refractivity contribution in [3.05, 3.63) is 48.0 Å². The van der Waals surface area contributed by atoms with Gasteiger partial charge in [0, 0.05) is 6.04 Å². The minimum Gasteiger partial charge on any atom is -0.368 e. The van der Waals surface area contributed by atoms with Crippen molar-refractivity contribution in [1.82, 2.24) is 5.32 Å². The van der Waals surface area contributed by atoms with Crippen molar-refractivity contribution in [3.8, 4) is 0 Å². The molecule has 3 nitrogen and oxygen atoms in total. The third-order valence-corrected chi connectivity index (χ3v) is 3.22. The number of hydrogen-bond acceptors (Lipinski definition) is 2. The largest absolute Gasteiger partial charge is 0.368 e. The van der Waals surface area contributed by atoms with E-state index in [0.29, 0.717) is 0 Å². The van der Waals surface area contributed by atoms with E-state index in [4.69, 9.17) is 5.73 Å². The Hall–Kier alpha value is -1.87. The molecule has 0 aliphatic carbocycles. The van der Waals surface area contributed by atoms with Crippen LogP contribution in [0.2, 0.25) is 0 Å². The van der Waals surface area contributed by atoms with Crippen molar-refractivity contribution in [1.29, 1.82) is 0 Å². The van der Waals surface area contributed by atoms with Gasteiger partial charge in [-0.2, -0.15) is 0 Å². The van der Waals surface area contributed by atoms with Gasteiger partial charge in [-0.1, -0.05) is 42.5 Å². The lowest BCUT2D eigenvalue weighted by Gasteiger charge is -2.19. The van der Waals surface area contributed by atoms with E-state index in [0.717, 1.165) is 0 Å². The van der Waals surface area contributed by atoms with Crippen LogP contribution in [-0.2, 0) is 4.79 Å². The quantitative estimate of drug-likeness (QED) is 0.864. The van der Waals surface area contributed by atoms with Gasteiger partial charge in [0.1, 0.15) is 0 Å². The highest BCUT2D eigenvalue weighted by molar-refractivity contribution is 5.86. The van der Waals surface area contributed by atoms with Crippen LogP contribution in [0.15, 0.2) is 42.5 Å². The summed E-state index contributed by atoms with van der Waals surface area (Å²) in [5.74, 6) is -0.331. The van der Waals surface area contributed by atoms with Crippen molar-refractivity contribution in [2.24, 2.45) is 5.73 Å². The number of primary amides is 1. The molecule has 1 amide bonds. The monoisotopic (exact) mass is 242 g/mol. The van der Waals surface area contributed by atoms with Gasteiger partial charge in [0.05, 0.1) is 6.04 Å². The van der Waals surface area contributed by atoms with E-state index in [1.54, 1.807) is 6.92 Å². The van der Waals surface area contributed by atoms with Crippen LogP contribution in [0.25, 0.3) is 10.8 Å². The first-order valence-electron chi connectivity index (χ1n) is 6.12. The van der Waals surface area contributed by atoms with E-state index < -0.39 is 0 Å². The number of nitrogens with one attached hydrogen (secondary N) is 1. The standard InChI is InChI=1S/C15H18N2O/c1-10(17-11(2)15(16)18)13-9-5-7-12-6-3-4-8-14(12)13/h3-11,17H,1-2H3,(H2,16,18)/t10-,11+/m1/s1. The molecular weight excluding hydrogens is 224 g/mol. The summed E-state index contributed by atoms with van der Waals surface area (Å²) in [4.78, 5) is 11.1. The normalized spacial score (nSPS) is 14.3. The molecule has 0 unspecified atom stereocenters. The predicted molar refractivity (Wildman–Crippen MR) is 74.2 cm³/mol. The van der Waals surface area contributed by atoms with Gasteiger partial charge in [-0.25, -0.2) is 0 Å². The molecular formula is C15H18N2O. The summed E-state index contributed by atoms with van der Waals surface area (Å²) in [7, 11) is 0. The van der Waals surface area contributed by atoms with Gasteiger partial charge in [-0.15, -0.1) is 0 Å². The predicted octanol–water partition coefficient (Wildman–Crippen LogP) is 2.36. The first-order valence-corrected chi connectivity index (χ1v) is 6.12. The highest BCUT2D eigenvalue weighted by atomic mass is 16.1. The fourth-order valence-corrected chi connectivity index (χ4v) is 2.17. The Labute approximate surface area is 107 Å². The average molecular weight is 242 g/mol. The van der Waals surface area contributed by atoms with Gasteiger partial charge in [0.15, 0.2) is 0 Å². The summed E-state index contributed by atoms with van der Waals surface area (Å²) >= 11 is 0. The van der Waals surface area contributed by atoms with Crippen LogP contribution in [0.3, 0.4) is 0 Å². The van der Waals surface area contributed by atoms with E-state index in [-0.39, 0.29) is 18.0 Å². The molecule has 0 spiro atoms. The first kappa shape index (κ1) is 12.6. The second-order valence-electron chi connectivity index (χ2n) is 4.58. The molecule has 0 aromatic heterocycles. The zero-order valence-electron chi connectivity index (χ0n) is 10.7. The van der Waals surface area contributed by atoms with E-state index >= 15 is 0 Å². The Balaban J connectivity index is 2.33. The molecule has 0 saturated heterocycles. The van der Waals surface area contributed by atoms with Gasteiger partial charge in [-0.3, -0.25) is 10.1 Å². The molecule has 2 rings (SSSR count). The molecule has 0 bridgehead atoms. The fraction of sp³-hybridized carbons (Fsp3) is 0.267. The zero-order valence-corrected chi connectivity index (χ0v) is 10.7. The van der Waals surface area contributed by atoms with Gasteiger partial charge in [0.25, 0.3) is 0 Å². The van der Waals surface area contributed by atoms with E-state index in [9.17, 15) is 4.79 Å². The highest BCUT2D eigenvalue weighted by Gasteiger charge is 2.14. The van der Waals surface area contributed by atoms with E-state index in [2.05, 4.69) is 29.6 Å². The molecule has 94 valence electrons. The minimum absolute atomic E-state index is 0.0820. The van der Waals surface area contributed by atoms with Crippen molar-refractivity contribution < 1.29 is 4.79 Å². The van der Waals surface area contributed by atoms with E-state index in [1.807, 2.05) is 25.1 Å². The molecule has 0 fully saturated rings. The van der Waals surface area contributed by atoms with Gasteiger partial charge in [0.2, 0.25) is 5.91 Å². The van der Waals surface area contributed by atoms with Crippen LogP contribution in [0, 0.1) is 0 Å². The van der Waals surface area contributed by atoms with Crippen LogP contribution in [0.4, 0.5) is 0 Å². The molecule has 3 heteroatoms. The molecule has 3 N–H and O–H groups in total. The Morgan fingerprint density at radius 1 is 1.11 bits per heavy atom. The van der Waals surface area contributed by atoms with Gasteiger partial charge >= 0.3 is 0 Å². The summed E-state index contributed by atoms with van der Waals surface area (Å²) in [6.07, 6.45) is 0. The van der Waals surface area contributed by atoms with Crippen molar-refractivity contribution in [2.45, 2.75) is 25.9 Å². The number of nitrogens with two attached hydrogens (primary N) is 1. The maximum absolute atomic E-state index is 11.1. The first-order chi connectivity index (χ1) is 8.59. The molecule has 0 aliphatic rings. The number of carbonyl (C=O) groups excluding carboxylic acids is 1. The number of hydrogen-bond donors (Lipinski definition) is 2. The van der Waals surface area contributed by atoms with Crippen molar-refractivity contribution >= 4 is 16.7 Å². The highest BCUT2D eigenvalue weighted by Crippen LogP contribution is 2.24. The van der Waals surface area contributed by atoms with E-state index in [1.165, 1.54) is 16.3 Å².